The van der Waals surface area contributed by atoms with Crippen molar-refractivity contribution in [2.24, 2.45) is 17.3 Å². The van der Waals surface area contributed by atoms with Crippen molar-refractivity contribution < 1.29 is 14.6 Å². The first-order chi connectivity index (χ1) is 6.90. The van der Waals surface area contributed by atoms with Crippen molar-refractivity contribution in [3.05, 3.63) is 0 Å². The second kappa shape index (κ2) is 4.52. The van der Waals surface area contributed by atoms with Gasteiger partial charge in [-0.15, -0.1) is 0 Å². The molecule has 1 N–H and O–H groups in total. The molecule has 0 aliphatic heterocycles. The number of carbonyl (C=O) groups is 1. The fraction of sp³-hybridized carbons (Fsp3) is 0.917. The van der Waals surface area contributed by atoms with Gasteiger partial charge < -0.3 is 9.84 Å². The van der Waals surface area contributed by atoms with Crippen LogP contribution in [0.3, 0.4) is 0 Å². The van der Waals surface area contributed by atoms with Gasteiger partial charge in [0.15, 0.2) is 0 Å². The van der Waals surface area contributed by atoms with Crippen molar-refractivity contribution in [3.8, 4) is 0 Å². The number of esters is 1. The van der Waals surface area contributed by atoms with Crippen LogP contribution in [0.1, 0.15) is 40.0 Å². The van der Waals surface area contributed by atoms with Crippen LogP contribution in [-0.4, -0.2) is 24.3 Å². The zero-order valence-corrected chi connectivity index (χ0v) is 10.1. The molecule has 0 heterocycles. The molecule has 0 aromatic carbocycles. The first-order valence-corrected chi connectivity index (χ1v) is 5.67. The van der Waals surface area contributed by atoms with Gasteiger partial charge >= 0.3 is 5.97 Å². The zero-order valence-electron chi connectivity index (χ0n) is 10.1. The lowest BCUT2D eigenvalue weighted by molar-refractivity contribution is -0.158. The molecule has 0 radical (unpaired) electrons. The van der Waals surface area contributed by atoms with Crippen molar-refractivity contribution in [1.82, 2.24) is 0 Å². The number of carbonyl (C=O) groups excluding carboxylic acids is 1. The molecule has 0 saturated heterocycles. The second-order valence-electron chi connectivity index (χ2n) is 5.27. The summed E-state index contributed by atoms with van der Waals surface area (Å²) in [5.41, 5.74) is -0.487. The van der Waals surface area contributed by atoms with Gasteiger partial charge in [-0.1, -0.05) is 13.8 Å². The molecule has 3 unspecified atom stereocenters. The average molecular weight is 214 g/mol. The molecule has 1 rings (SSSR count). The van der Waals surface area contributed by atoms with E-state index in [1.165, 1.54) is 7.11 Å². The van der Waals surface area contributed by atoms with Gasteiger partial charge in [0.2, 0.25) is 0 Å². The van der Waals surface area contributed by atoms with E-state index in [0.29, 0.717) is 18.3 Å². The van der Waals surface area contributed by atoms with E-state index in [2.05, 4.69) is 13.8 Å². The van der Waals surface area contributed by atoms with Gasteiger partial charge in [0.05, 0.1) is 18.6 Å². The van der Waals surface area contributed by atoms with Gasteiger partial charge in [0.1, 0.15) is 0 Å². The maximum atomic E-state index is 11.6. The highest BCUT2D eigenvalue weighted by Gasteiger charge is 2.43. The van der Waals surface area contributed by atoms with E-state index in [-0.39, 0.29) is 12.1 Å². The number of rotatable bonds is 2. The van der Waals surface area contributed by atoms with Crippen LogP contribution in [0, 0.1) is 17.3 Å². The Morgan fingerprint density at radius 2 is 2.13 bits per heavy atom. The molecule has 0 aromatic rings. The monoisotopic (exact) mass is 214 g/mol. The molecule has 3 atom stereocenters. The second-order valence-corrected chi connectivity index (χ2v) is 5.27. The van der Waals surface area contributed by atoms with E-state index in [9.17, 15) is 9.90 Å². The highest BCUT2D eigenvalue weighted by atomic mass is 16.5. The Labute approximate surface area is 91.8 Å². The van der Waals surface area contributed by atoms with E-state index >= 15 is 0 Å². The molecule has 1 aliphatic carbocycles. The molecular formula is C12H22O3. The Balaban J connectivity index is 2.68. The summed E-state index contributed by atoms with van der Waals surface area (Å²) in [6, 6.07) is 0. The van der Waals surface area contributed by atoms with E-state index in [1.807, 2.05) is 6.92 Å². The molecule has 0 spiro atoms. The Bertz CT molecular complexity index is 237. The predicted octanol–water partition coefficient (Wildman–Crippen LogP) is 1.98. The summed E-state index contributed by atoms with van der Waals surface area (Å²) < 4.78 is 4.79. The van der Waals surface area contributed by atoms with E-state index in [0.717, 1.165) is 12.8 Å². The number of ether oxygens (including phenoxy) is 1. The van der Waals surface area contributed by atoms with Gasteiger partial charge in [-0.2, -0.15) is 0 Å². The van der Waals surface area contributed by atoms with Crippen LogP contribution in [0.25, 0.3) is 0 Å². The average Bonchev–Trinajstić information content (AvgIpc) is 2.15. The summed E-state index contributed by atoms with van der Waals surface area (Å²) >= 11 is 0. The van der Waals surface area contributed by atoms with Gasteiger partial charge in [-0.05, 0) is 38.0 Å². The number of aliphatic hydroxyl groups excluding tert-OH is 1. The summed E-state index contributed by atoms with van der Waals surface area (Å²) in [5, 5.41) is 10.0. The van der Waals surface area contributed by atoms with Crippen LogP contribution in [0.2, 0.25) is 0 Å². The summed E-state index contributed by atoms with van der Waals surface area (Å²) in [6.45, 7) is 6.13. The minimum atomic E-state index is -0.487. The summed E-state index contributed by atoms with van der Waals surface area (Å²) in [5.74, 6) is 0.605. The third-order valence-electron chi connectivity index (χ3n) is 3.72. The van der Waals surface area contributed by atoms with Crippen LogP contribution in [0.15, 0.2) is 0 Å². The van der Waals surface area contributed by atoms with Crippen LogP contribution in [0.5, 0.6) is 0 Å². The van der Waals surface area contributed by atoms with Crippen molar-refractivity contribution in [3.63, 3.8) is 0 Å². The van der Waals surface area contributed by atoms with Gasteiger partial charge in [0.25, 0.3) is 0 Å². The number of hydrogen-bond donors (Lipinski definition) is 1. The van der Waals surface area contributed by atoms with Crippen molar-refractivity contribution >= 4 is 5.97 Å². The molecule has 15 heavy (non-hydrogen) atoms. The summed E-state index contributed by atoms with van der Waals surface area (Å²) in [6.07, 6.45) is 1.88. The molecule has 0 bridgehead atoms. The smallest absolute Gasteiger partial charge is 0.311 e. The van der Waals surface area contributed by atoms with E-state index < -0.39 is 5.41 Å². The topological polar surface area (TPSA) is 46.5 Å². The molecule has 3 heteroatoms. The number of aliphatic hydroxyl groups is 1. The first-order valence-electron chi connectivity index (χ1n) is 5.67. The van der Waals surface area contributed by atoms with Crippen LogP contribution >= 0.6 is 0 Å². The summed E-state index contributed by atoms with van der Waals surface area (Å²) in [7, 11) is 1.41. The fourth-order valence-corrected chi connectivity index (χ4v) is 2.60. The van der Waals surface area contributed by atoms with Crippen molar-refractivity contribution in [2.75, 3.05) is 7.11 Å². The minimum Gasteiger partial charge on any atom is -0.469 e. The lowest BCUT2D eigenvalue weighted by Crippen LogP contribution is -2.42. The Morgan fingerprint density at radius 3 is 2.53 bits per heavy atom. The lowest BCUT2D eigenvalue weighted by atomic mass is 9.67. The molecule has 0 amide bonds. The SMILES string of the molecule is COC(=O)C1(C)CCC(C(C)C)C(O)C1. The summed E-state index contributed by atoms with van der Waals surface area (Å²) in [4.78, 5) is 11.6. The highest BCUT2D eigenvalue weighted by Crippen LogP contribution is 2.42. The van der Waals surface area contributed by atoms with Gasteiger partial charge in [-0.3, -0.25) is 4.79 Å². The maximum Gasteiger partial charge on any atom is 0.311 e. The number of methoxy groups -OCH3 is 1. The standard InChI is InChI=1S/C12H22O3/c1-8(2)9-5-6-12(3,7-10(9)13)11(14)15-4/h8-10,13H,5-7H2,1-4H3. The van der Waals surface area contributed by atoms with Crippen LogP contribution < -0.4 is 0 Å². The molecule has 1 aliphatic rings. The van der Waals surface area contributed by atoms with Crippen molar-refractivity contribution in [2.45, 2.75) is 46.1 Å². The van der Waals surface area contributed by atoms with E-state index in [4.69, 9.17) is 4.74 Å². The Hall–Kier alpha value is -0.570. The van der Waals surface area contributed by atoms with Crippen LogP contribution in [0.4, 0.5) is 0 Å². The van der Waals surface area contributed by atoms with Gasteiger partial charge in [-0.25, -0.2) is 0 Å². The molecule has 1 fully saturated rings. The molecule has 88 valence electrons. The van der Waals surface area contributed by atoms with E-state index in [1.54, 1.807) is 0 Å². The minimum absolute atomic E-state index is 0.191. The first kappa shape index (κ1) is 12.5. The Morgan fingerprint density at radius 1 is 1.53 bits per heavy atom. The lowest BCUT2D eigenvalue weighted by Gasteiger charge is -2.40. The maximum absolute atomic E-state index is 11.6. The predicted molar refractivity (Wildman–Crippen MR) is 58.3 cm³/mol. The zero-order chi connectivity index (χ0) is 11.6. The van der Waals surface area contributed by atoms with Crippen molar-refractivity contribution in [1.29, 1.82) is 0 Å². The number of hydrogen-bond acceptors (Lipinski definition) is 3. The molecule has 3 nitrogen and oxygen atoms in total. The molecular weight excluding hydrogens is 192 g/mol. The fourth-order valence-electron chi connectivity index (χ4n) is 2.60. The molecule has 0 aromatic heterocycles. The largest absolute Gasteiger partial charge is 0.469 e. The Kier molecular flexibility index (Phi) is 3.77. The third kappa shape index (κ3) is 2.51. The highest BCUT2D eigenvalue weighted by molar-refractivity contribution is 5.76. The quantitative estimate of drug-likeness (QED) is 0.715. The van der Waals surface area contributed by atoms with Gasteiger partial charge in [0, 0.05) is 0 Å². The third-order valence-corrected chi connectivity index (χ3v) is 3.72. The normalized spacial score (nSPS) is 36.7. The van der Waals surface area contributed by atoms with Crippen LogP contribution in [-0.2, 0) is 9.53 Å². The molecule has 1 saturated carbocycles.